The number of nitrogens with one attached hydrogen (secondary N) is 1. The molecule has 2 rings (SSSR count). The monoisotopic (exact) mass is 420 g/mol. The molecule has 4 nitrogen and oxygen atoms in total. The smallest absolute Gasteiger partial charge is 0.173 e. The van der Waals surface area contributed by atoms with Crippen molar-refractivity contribution in [1.82, 2.24) is 14.7 Å². The molecule has 1 heterocycles. The fourth-order valence-electron chi connectivity index (χ4n) is 1.91. The normalized spacial score (nSPS) is 10.6. The molecule has 0 atom stereocenters. The zero-order valence-electron chi connectivity index (χ0n) is 12.1. The topological polar surface area (TPSA) is 33.1 Å². The molecule has 0 fully saturated rings. The van der Waals surface area contributed by atoms with Crippen LogP contribution in [0.5, 0.6) is 0 Å². The first-order valence-electron chi connectivity index (χ1n) is 6.59. The summed E-state index contributed by atoms with van der Waals surface area (Å²) in [7, 11) is 1.92. The van der Waals surface area contributed by atoms with E-state index < -0.39 is 0 Å². The molecular formula is C14H15BrCl2N4S. The van der Waals surface area contributed by atoms with Crippen LogP contribution in [-0.2, 0) is 13.1 Å². The highest BCUT2D eigenvalue weighted by molar-refractivity contribution is 9.10. The lowest BCUT2D eigenvalue weighted by molar-refractivity contribution is 0.470. The van der Waals surface area contributed by atoms with E-state index in [1.165, 1.54) is 0 Å². The second kappa shape index (κ2) is 7.64. The van der Waals surface area contributed by atoms with E-state index in [1.54, 1.807) is 18.3 Å². The second-order valence-electron chi connectivity index (χ2n) is 4.67. The Morgan fingerprint density at radius 2 is 2.14 bits per heavy atom. The number of hydrogen-bond acceptors (Lipinski definition) is 2. The summed E-state index contributed by atoms with van der Waals surface area (Å²) in [5.74, 6) is 0. The maximum Gasteiger partial charge on any atom is 0.173 e. The first-order valence-corrected chi connectivity index (χ1v) is 8.55. The summed E-state index contributed by atoms with van der Waals surface area (Å²) in [6.45, 7) is 3.50. The van der Waals surface area contributed by atoms with Crippen molar-refractivity contribution in [3.63, 3.8) is 0 Å². The maximum absolute atomic E-state index is 6.01. The predicted molar refractivity (Wildman–Crippen MR) is 99.8 cm³/mol. The van der Waals surface area contributed by atoms with Gasteiger partial charge in [-0.15, -0.1) is 0 Å². The third-order valence-electron chi connectivity index (χ3n) is 3.10. The maximum atomic E-state index is 6.01. The van der Waals surface area contributed by atoms with Crippen LogP contribution in [0.3, 0.4) is 0 Å². The Morgan fingerprint density at radius 1 is 1.41 bits per heavy atom. The van der Waals surface area contributed by atoms with Gasteiger partial charge < -0.3 is 10.2 Å². The Balaban J connectivity index is 2.05. The van der Waals surface area contributed by atoms with E-state index in [2.05, 4.69) is 33.3 Å². The number of aromatic nitrogens is 2. The zero-order valence-corrected chi connectivity index (χ0v) is 16.0. The van der Waals surface area contributed by atoms with E-state index in [4.69, 9.17) is 35.4 Å². The molecule has 0 aliphatic heterocycles. The van der Waals surface area contributed by atoms with Gasteiger partial charge in [-0.3, -0.25) is 4.68 Å². The van der Waals surface area contributed by atoms with Gasteiger partial charge in [0.25, 0.3) is 0 Å². The van der Waals surface area contributed by atoms with Crippen molar-refractivity contribution in [3.05, 3.63) is 44.6 Å². The number of anilines is 1. The molecule has 0 saturated carbocycles. The van der Waals surface area contributed by atoms with Crippen LogP contribution in [0.25, 0.3) is 0 Å². The van der Waals surface area contributed by atoms with E-state index in [9.17, 15) is 0 Å². The third-order valence-corrected chi connectivity index (χ3v) is 4.92. The molecule has 0 aliphatic rings. The van der Waals surface area contributed by atoms with E-state index in [0.29, 0.717) is 21.7 Å². The number of halogens is 3. The summed E-state index contributed by atoms with van der Waals surface area (Å²) in [6.07, 6.45) is 1.79. The van der Waals surface area contributed by atoms with Gasteiger partial charge in [0.2, 0.25) is 0 Å². The Kier molecular flexibility index (Phi) is 6.09. The quantitative estimate of drug-likeness (QED) is 0.718. The molecule has 1 aromatic carbocycles. The first kappa shape index (κ1) is 17.5. The number of aryl methyl sites for hydroxylation is 1. The Morgan fingerprint density at radius 3 is 2.77 bits per heavy atom. The summed E-state index contributed by atoms with van der Waals surface area (Å²) >= 11 is 20.9. The molecule has 0 unspecified atom stereocenters. The van der Waals surface area contributed by atoms with Gasteiger partial charge in [-0.2, -0.15) is 5.10 Å². The third kappa shape index (κ3) is 4.13. The molecule has 22 heavy (non-hydrogen) atoms. The van der Waals surface area contributed by atoms with Crippen LogP contribution in [0.2, 0.25) is 10.0 Å². The molecule has 1 N–H and O–H groups in total. The van der Waals surface area contributed by atoms with E-state index >= 15 is 0 Å². The molecule has 2 aromatic rings. The average Bonchev–Trinajstić information content (AvgIpc) is 2.83. The molecule has 118 valence electrons. The van der Waals surface area contributed by atoms with Gasteiger partial charge in [0.1, 0.15) is 0 Å². The summed E-state index contributed by atoms with van der Waals surface area (Å²) in [4.78, 5) is 1.94. The SMILES string of the molecule is CCn1ncc(Br)c1CN(C)C(=S)Nc1ccc(Cl)c(Cl)c1. The van der Waals surface area contributed by atoms with Crippen LogP contribution in [0.1, 0.15) is 12.6 Å². The minimum atomic E-state index is 0.490. The molecule has 0 bridgehead atoms. The van der Waals surface area contributed by atoms with Gasteiger partial charge in [0, 0.05) is 19.3 Å². The molecule has 0 saturated heterocycles. The number of benzene rings is 1. The van der Waals surface area contributed by atoms with Crippen LogP contribution in [0, 0.1) is 0 Å². The molecule has 0 aliphatic carbocycles. The number of hydrogen-bond donors (Lipinski definition) is 1. The minimum Gasteiger partial charge on any atom is -0.346 e. The molecule has 1 aromatic heterocycles. The van der Waals surface area contributed by atoms with Gasteiger partial charge in [-0.1, -0.05) is 23.2 Å². The highest BCUT2D eigenvalue weighted by Gasteiger charge is 2.13. The van der Waals surface area contributed by atoms with Crippen LogP contribution in [0.15, 0.2) is 28.9 Å². The van der Waals surface area contributed by atoms with Crippen LogP contribution < -0.4 is 5.32 Å². The Labute approximate surface area is 153 Å². The standard InChI is InChI=1S/C14H15BrCl2N4S/c1-3-21-13(10(15)7-18-21)8-20(2)14(22)19-9-4-5-11(16)12(17)6-9/h4-7H,3,8H2,1-2H3,(H,19,22). The van der Waals surface area contributed by atoms with Crippen molar-refractivity contribution in [3.8, 4) is 0 Å². The van der Waals surface area contributed by atoms with Crippen molar-refractivity contribution in [1.29, 1.82) is 0 Å². The number of thiocarbonyl (C=S) groups is 1. The van der Waals surface area contributed by atoms with Crippen molar-refractivity contribution >= 4 is 62.1 Å². The molecular weight excluding hydrogens is 407 g/mol. The highest BCUT2D eigenvalue weighted by atomic mass is 79.9. The summed E-state index contributed by atoms with van der Waals surface area (Å²) in [5, 5.41) is 9.05. The summed E-state index contributed by atoms with van der Waals surface area (Å²) < 4.78 is 2.90. The number of nitrogens with zero attached hydrogens (tertiary/aromatic N) is 3. The highest BCUT2D eigenvalue weighted by Crippen LogP contribution is 2.25. The van der Waals surface area contributed by atoms with Gasteiger partial charge in [-0.05, 0) is 53.3 Å². The van der Waals surface area contributed by atoms with Crippen molar-refractivity contribution < 1.29 is 0 Å². The average molecular weight is 422 g/mol. The van der Waals surface area contributed by atoms with Crippen molar-refractivity contribution in [2.45, 2.75) is 20.0 Å². The molecule has 0 radical (unpaired) electrons. The minimum absolute atomic E-state index is 0.490. The largest absolute Gasteiger partial charge is 0.346 e. The van der Waals surface area contributed by atoms with Gasteiger partial charge >= 0.3 is 0 Å². The predicted octanol–water partition coefficient (Wildman–Crippen LogP) is 4.80. The lowest BCUT2D eigenvalue weighted by Gasteiger charge is -2.22. The van der Waals surface area contributed by atoms with Crippen LogP contribution in [0.4, 0.5) is 5.69 Å². The molecule has 8 heteroatoms. The lowest BCUT2D eigenvalue weighted by atomic mass is 10.3. The van der Waals surface area contributed by atoms with Gasteiger partial charge in [-0.25, -0.2) is 0 Å². The summed E-state index contributed by atoms with van der Waals surface area (Å²) in [6, 6.07) is 5.31. The van der Waals surface area contributed by atoms with E-state index in [-0.39, 0.29) is 0 Å². The fraction of sp³-hybridized carbons (Fsp3) is 0.286. The second-order valence-corrected chi connectivity index (χ2v) is 6.73. The van der Waals surface area contributed by atoms with E-state index in [1.807, 2.05) is 22.7 Å². The van der Waals surface area contributed by atoms with Crippen LogP contribution >= 0.6 is 51.3 Å². The Bertz CT molecular complexity index is 689. The van der Waals surface area contributed by atoms with Gasteiger partial charge in [0.05, 0.1) is 33.0 Å². The number of rotatable bonds is 4. The first-order chi connectivity index (χ1) is 10.4. The summed E-state index contributed by atoms with van der Waals surface area (Å²) in [5.41, 5.74) is 1.87. The van der Waals surface area contributed by atoms with Crippen LogP contribution in [-0.4, -0.2) is 26.8 Å². The molecule has 0 amide bonds. The molecule has 0 spiro atoms. The van der Waals surface area contributed by atoms with E-state index in [0.717, 1.165) is 22.4 Å². The zero-order chi connectivity index (χ0) is 16.3. The fourth-order valence-corrected chi connectivity index (χ4v) is 2.81. The van der Waals surface area contributed by atoms with Crippen molar-refractivity contribution in [2.75, 3.05) is 12.4 Å². The Hall–Kier alpha value is -0.820. The van der Waals surface area contributed by atoms with Crippen molar-refractivity contribution in [2.24, 2.45) is 0 Å². The van der Waals surface area contributed by atoms with Gasteiger partial charge in [0.15, 0.2) is 5.11 Å². The lowest BCUT2D eigenvalue weighted by Crippen LogP contribution is -2.31.